The lowest BCUT2D eigenvalue weighted by Crippen LogP contribution is -2.60. The third-order valence-electron chi connectivity index (χ3n) is 5.12. The fourth-order valence-corrected chi connectivity index (χ4v) is 4.11. The Morgan fingerprint density at radius 2 is 2.06 bits per heavy atom. The van der Waals surface area contributed by atoms with Gasteiger partial charge in [-0.2, -0.15) is 19.1 Å². The second-order valence-corrected chi connectivity index (χ2v) is 9.59. The standard InChI is InChI=1S/C19H15Br2ClF2N4O7/c20-7-1-6-9(2-8(7)22)27-28(11(6)4-25)10-3-13(17(32)33)35-16(15(31)12(30)5-29)14(10)26-18(34)19(21,23)24/h1-3,10,12,14-16,29-31H,5H2,(H,26,34)(H,32,33)/t10-,12+,14+,15+,16+/m0/s1. The average molecular weight is 645 g/mol. The first-order valence-electron chi connectivity index (χ1n) is 9.54. The fraction of sp³-hybridized carbons (Fsp3) is 0.368. The zero-order valence-corrected chi connectivity index (χ0v) is 21.0. The molecule has 1 amide bonds. The van der Waals surface area contributed by atoms with Crippen molar-refractivity contribution < 1.29 is 43.5 Å². The summed E-state index contributed by atoms with van der Waals surface area (Å²) in [6.45, 7) is -1.01. The highest BCUT2D eigenvalue weighted by Gasteiger charge is 2.48. The molecular weight excluding hydrogens is 629 g/mol. The second-order valence-electron chi connectivity index (χ2n) is 7.34. The number of carboxylic acids is 1. The van der Waals surface area contributed by atoms with E-state index in [0.717, 1.165) is 10.8 Å². The molecule has 0 fully saturated rings. The fourth-order valence-electron chi connectivity index (χ4n) is 3.49. The number of nitrogens with one attached hydrogen (secondary N) is 1. The van der Waals surface area contributed by atoms with Crippen molar-refractivity contribution in [3.63, 3.8) is 0 Å². The van der Waals surface area contributed by atoms with E-state index in [1.807, 2.05) is 27.3 Å². The van der Waals surface area contributed by atoms with E-state index in [1.54, 1.807) is 0 Å². The highest BCUT2D eigenvalue weighted by molar-refractivity contribution is 9.10. The Kier molecular flexibility index (Phi) is 8.04. The SMILES string of the molecule is N#Cc1c2cc(Br)c(Cl)cc2nn1[C@H]1C=C(C(=O)O)O[C@@H]([C@H](O)[C@H](O)CO)[C@@H]1NC(=O)C(F)(F)Br. The summed E-state index contributed by atoms with van der Waals surface area (Å²) >= 11 is 11.2. The molecule has 35 heavy (non-hydrogen) atoms. The lowest BCUT2D eigenvalue weighted by molar-refractivity contribution is -0.149. The molecule has 0 radical (unpaired) electrons. The van der Waals surface area contributed by atoms with E-state index in [-0.39, 0.29) is 21.6 Å². The van der Waals surface area contributed by atoms with E-state index in [9.17, 15) is 44.1 Å². The first-order valence-corrected chi connectivity index (χ1v) is 11.5. The molecule has 188 valence electrons. The molecule has 1 aromatic heterocycles. The minimum Gasteiger partial charge on any atom is -0.478 e. The second kappa shape index (κ2) is 10.3. The number of alkyl halides is 3. The normalized spacial score (nSPS) is 22.0. The number of aromatic nitrogens is 2. The van der Waals surface area contributed by atoms with Crippen LogP contribution in [0.4, 0.5) is 8.78 Å². The van der Waals surface area contributed by atoms with Crippen molar-refractivity contribution in [2.75, 3.05) is 6.61 Å². The summed E-state index contributed by atoms with van der Waals surface area (Å²) in [5, 5.41) is 55.6. The molecule has 5 atom stereocenters. The van der Waals surface area contributed by atoms with Crippen LogP contribution in [0.3, 0.4) is 0 Å². The minimum absolute atomic E-state index is 0.161. The summed E-state index contributed by atoms with van der Waals surface area (Å²) in [4.78, 5) is 19.8. The monoisotopic (exact) mass is 642 g/mol. The molecule has 1 aromatic carbocycles. The van der Waals surface area contributed by atoms with Gasteiger partial charge in [-0.1, -0.05) is 11.6 Å². The van der Waals surface area contributed by atoms with Gasteiger partial charge in [0.15, 0.2) is 0 Å². The van der Waals surface area contributed by atoms with Crippen LogP contribution >= 0.6 is 43.5 Å². The van der Waals surface area contributed by atoms with Crippen molar-refractivity contribution in [2.45, 2.75) is 35.2 Å². The number of aliphatic hydroxyl groups is 3. The van der Waals surface area contributed by atoms with Crippen LogP contribution in [0, 0.1) is 11.3 Å². The number of aliphatic carboxylic acids is 1. The highest BCUT2D eigenvalue weighted by atomic mass is 79.9. The zero-order chi connectivity index (χ0) is 26.2. The van der Waals surface area contributed by atoms with Gasteiger partial charge in [-0.05, 0) is 34.1 Å². The van der Waals surface area contributed by atoms with Gasteiger partial charge in [0.2, 0.25) is 5.76 Å². The molecular formula is C19H15Br2ClF2N4O7. The first-order chi connectivity index (χ1) is 16.3. The number of benzene rings is 1. The quantitative estimate of drug-likeness (QED) is 0.279. The van der Waals surface area contributed by atoms with Crippen LogP contribution in [-0.2, 0) is 14.3 Å². The number of halogens is 5. The zero-order valence-electron chi connectivity index (χ0n) is 17.1. The van der Waals surface area contributed by atoms with E-state index in [2.05, 4.69) is 21.0 Å². The summed E-state index contributed by atoms with van der Waals surface area (Å²) in [6, 6.07) is 1.55. The molecule has 0 aliphatic carbocycles. The molecule has 11 nitrogen and oxygen atoms in total. The molecule has 0 saturated carbocycles. The molecule has 3 rings (SSSR count). The summed E-state index contributed by atoms with van der Waals surface area (Å²) in [6.07, 6.45) is -4.93. The molecule has 0 spiro atoms. The number of amides is 1. The van der Waals surface area contributed by atoms with Gasteiger partial charge in [-0.25, -0.2) is 9.48 Å². The van der Waals surface area contributed by atoms with Gasteiger partial charge in [0.25, 0.3) is 0 Å². The number of hydrogen-bond acceptors (Lipinski definition) is 8. The number of aliphatic hydroxyl groups excluding tert-OH is 3. The van der Waals surface area contributed by atoms with Crippen LogP contribution < -0.4 is 5.32 Å². The molecule has 1 aliphatic rings. The molecule has 0 saturated heterocycles. The number of ether oxygens (including phenoxy) is 1. The van der Waals surface area contributed by atoms with E-state index in [4.69, 9.17) is 16.3 Å². The minimum atomic E-state index is -4.08. The largest absolute Gasteiger partial charge is 0.478 e. The Hall–Kier alpha value is -2.35. The first kappa shape index (κ1) is 27.2. The Balaban J connectivity index is 2.26. The summed E-state index contributed by atoms with van der Waals surface area (Å²) < 4.78 is 33.9. The molecule has 16 heteroatoms. The third-order valence-corrected chi connectivity index (χ3v) is 6.67. The predicted octanol–water partition coefficient (Wildman–Crippen LogP) is 1.42. The lowest BCUT2D eigenvalue weighted by Gasteiger charge is -2.40. The van der Waals surface area contributed by atoms with Crippen LogP contribution in [0.5, 0.6) is 0 Å². The number of fused-ring (bicyclic) bond motifs is 1. The van der Waals surface area contributed by atoms with Gasteiger partial charge in [-0.3, -0.25) is 4.79 Å². The average Bonchev–Trinajstić information content (AvgIpc) is 3.14. The number of carboxylic acid groups (broad SMARTS) is 1. The predicted molar refractivity (Wildman–Crippen MR) is 122 cm³/mol. The van der Waals surface area contributed by atoms with Crippen molar-refractivity contribution in [1.29, 1.82) is 5.26 Å². The van der Waals surface area contributed by atoms with Gasteiger partial charge in [-0.15, -0.1) is 0 Å². The number of nitrogens with zero attached hydrogens (tertiary/aromatic N) is 3. The van der Waals surface area contributed by atoms with E-state index < -0.39 is 59.5 Å². The Morgan fingerprint density at radius 1 is 1.40 bits per heavy atom. The summed E-state index contributed by atoms with van der Waals surface area (Å²) in [5.74, 6) is -4.31. The topological polar surface area (TPSA) is 178 Å². The van der Waals surface area contributed by atoms with Gasteiger partial charge in [0.1, 0.15) is 30.1 Å². The number of nitriles is 1. The van der Waals surface area contributed by atoms with Crippen LogP contribution in [-0.4, -0.2) is 77.9 Å². The van der Waals surface area contributed by atoms with Gasteiger partial charge in [0.05, 0.1) is 29.2 Å². The third kappa shape index (κ3) is 5.42. The van der Waals surface area contributed by atoms with Gasteiger partial charge < -0.3 is 30.5 Å². The smallest absolute Gasteiger partial charge is 0.377 e. The number of carbonyl (C=O) groups is 2. The number of hydrogen-bond donors (Lipinski definition) is 5. The Labute approximate surface area is 216 Å². The lowest BCUT2D eigenvalue weighted by atomic mass is 9.91. The van der Waals surface area contributed by atoms with Crippen LogP contribution in [0.1, 0.15) is 11.7 Å². The van der Waals surface area contributed by atoms with Crippen LogP contribution in [0.25, 0.3) is 10.9 Å². The van der Waals surface area contributed by atoms with Crippen molar-refractivity contribution >= 4 is 66.2 Å². The van der Waals surface area contributed by atoms with Gasteiger partial charge >= 0.3 is 16.7 Å². The van der Waals surface area contributed by atoms with Crippen molar-refractivity contribution in [1.82, 2.24) is 15.1 Å². The highest BCUT2D eigenvalue weighted by Crippen LogP contribution is 2.35. The number of rotatable bonds is 7. The Bertz CT molecular complexity index is 1250. The summed E-state index contributed by atoms with van der Waals surface area (Å²) in [5.41, 5.74) is 0.0148. The maximum absolute atomic E-state index is 13.7. The Morgan fingerprint density at radius 3 is 2.60 bits per heavy atom. The summed E-state index contributed by atoms with van der Waals surface area (Å²) in [7, 11) is 0. The number of carbonyl (C=O) groups excluding carboxylic acids is 1. The van der Waals surface area contributed by atoms with Crippen LogP contribution in [0.2, 0.25) is 5.02 Å². The van der Waals surface area contributed by atoms with Crippen LogP contribution in [0.15, 0.2) is 28.4 Å². The van der Waals surface area contributed by atoms with Crippen molar-refractivity contribution in [3.05, 3.63) is 39.2 Å². The van der Waals surface area contributed by atoms with E-state index in [1.165, 1.54) is 12.1 Å². The maximum atomic E-state index is 13.7. The maximum Gasteiger partial charge on any atom is 0.377 e. The van der Waals surface area contributed by atoms with Gasteiger partial charge in [0, 0.05) is 25.8 Å². The molecule has 0 unspecified atom stereocenters. The van der Waals surface area contributed by atoms with Crippen molar-refractivity contribution in [2.24, 2.45) is 0 Å². The van der Waals surface area contributed by atoms with E-state index >= 15 is 0 Å². The molecule has 5 N–H and O–H groups in total. The molecule has 2 heterocycles. The van der Waals surface area contributed by atoms with Crippen molar-refractivity contribution in [3.8, 4) is 6.07 Å². The molecule has 2 aromatic rings. The molecule has 1 aliphatic heterocycles. The molecule has 0 bridgehead atoms. The van der Waals surface area contributed by atoms with E-state index in [0.29, 0.717) is 4.47 Å².